The fraction of sp³-hybridized carbons (Fsp3) is 0.450. The van der Waals surface area contributed by atoms with Gasteiger partial charge in [0.05, 0.1) is 13.2 Å². The largest absolute Gasteiger partial charge is 0.492 e. The summed E-state index contributed by atoms with van der Waals surface area (Å²) in [5.41, 5.74) is 0.502. The molecule has 4 rings (SSSR count). The van der Waals surface area contributed by atoms with E-state index in [1.165, 1.54) is 21.4 Å². The molecule has 13 heteroatoms. The van der Waals surface area contributed by atoms with Crippen molar-refractivity contribution in [3.8, 4) is 17.2 Å². The molecule has 0 unspecified atom stereocenters. The van der Waals surface area contributed by atoms with Crippen molar-refractivity contribution in [2.24, 2.45) is 0 Å². The van der Waals surface area contributed by atoms with E-state index in [0.29, 0.717) is 55.7 Å². The minimum Gasteiger partial charge on any atom is -0.492 e. The third-order valence-electron chi connectivity index (χ3n) is 5.05. The van der Waals surface area contributed by atoms with Crippen LogP contribution in [0.2, 0.25) is 0 Å². The Bertz CT molecular complexity index is 1150. The van der Waals surface area contributed by atoms with Crippen LogP contribution in [0.4, 0.5) is 0 Å². The fourth-order valence-electron chi connectivity index (χ4n) is 3.55. The number of piperidine rings is 1. The number of aromatic nitrogens is 6. The number of nitrogens with zero attached hydrogens (tertiary/aromatic N) is 7. The minimum absolute atomic E-state index is 0.0714. The molecule has 3 aromatic rings. The first-order valence-corrected chi connectivity index (χ1v) is 13.0. The summed E-state index contributed by atoms with van der Waals surface area (Å²) >= 11 is 1.58. The fourth-order valence-corrected chi connectivity index (χ4v) is 6.13. The number of thioether (sulfide) groups is 1. The van der Waals surface area contributed by atoms with E-state index in [4.69, 9.17) is 9.47 Å². The molecule has 33 heavy (non-hydrogen) atoms. The lowest BCUT2D eigenvalue weighted by Crippen LogP contribution is -2.39. The SMILES string of the molecule is CCOc1cc(S(=O)(=O)N2CCC(Sc3ncccn3)CC2)c(OCC)cc1-n1cnnn1. The van der Waals surface area contributed by atoms with Crippen molar-refractivity contribution in [3.63, 3.8) is 0 Å². The van der Waals surface area contributed by atoms with Crippen LogP contribution in [0.1, 0.15) is 26.7 Å². The van der Waals surface area contributed by atoms with E-state index in [-0.39, 0.29) is 15.9 Å². The Morgan fingerprint density at radius 2 is 1.76 bits per heavy atom. The highest BCUT2D eigenvalue weighted by atomic mass is 32.2. The molecule has 0 amide bonds. The van der Waals surface area contributed by atoms with Crippen molar-refractivity contribution in [1.29, 1.82) is 0 Å². The van der Waals surface area contributed by atoms with E-state index >= 15 is 0 Å². The number of rotatable bonds is 9. The number of sulfonamides is 1. The second kappa shape index (κ2) is 10.4. The van der Waals surface area contributed by atoms with E-state index in [0.717, 1.165) is 0 Å². The third-order valence-corrected chi connectivity index (χ3v) is 8.20. The molecule has 0 aliphatic carbocycles. The molecule has 0 N–H and O–H groups in total. The van der Waals surface area contributed by atoms with E-state index in [1.807, 2.05) is 6.92 Å². The predicted molar refractivity (Wildman–Crippen MR) is 121 cm³/mol. The average molecular weight is 492 g/mol. The van der Waals surface area contributed by atoms with E-state index in [2.05, 4.69) is 25.5 Å². The first-order valence-electron chi connectivity index (χ1n) is 10.6. The lowest BCUT2D eigenvalue weighted by Gasteiger charge is -2.31. The van der Waals surface area contributed by atoms with Gasteiger partial charge in [-0.15, -0.1) is 5.10 Å². The van der Waals surface area contributed by atoms with Crippen molar-refractivity contribution in [1.82, 2.24) is 34.5 Å². The van der Waals surface area contributed by atoms with Gasteiger partial charge in [-0.3, -0.25) is 0 Å². The Hall–Kier alpha value is -2.77. The Morgan fingerprint density at radius 1 is 1.06 bits per heavy atom. The number of benzene rings is 1. The smallest absolute Gasteiger partial charge is 0.246 e. The molecule has 1 fully saturated rings. The average Bonchev–Trinajstić information content (AvgIpc) is 3.36. The van der Waals surface area contributed by atoms with E-state index in [9.17, 15) is 8.42 Å². The zero-order chi connectivity index (χ0) is 23.3. The topological polar surface area (TPSA) is 125 Å². The molecule has 2 aromatic heterocycles. The van der Waals surface area contributed by atoms with Gasteiger partial charge in [0.2, 0.25) is 10.0 Å². The zero-order valence-corrected chi connectivity index (χ0v) is 20.0. The molecule has 176 valence electrons. The molecular formula is C20H25N7O4S2. The van der Waals surface area contributed by atoms with Crippen LogP contribution in [0.3, 0.4) is 0 Å². The highest BCUT2D eigenvalue weighted by molar-refractivity contribution is 7.99. The molecule has 1 aliphatic heterocycles. The molecular weight excluding hydrogens is 466 g/mol. The minimum atomic E-state index is -3.81. The summed E-state index contributed by atoms with van der Waals surface area (Å²) in [6.45, 7) is 5.09. The van der Waals surface area contributed by atoms with Crippen molar-refractivity contribution in [2.45, 2.75) is 42.0 Å². The van der Waals surface area contributed by atoms with Crippen LogP contribution in [0.5, 0.6) is 11.5 Å². The molecule has 11 nitrogen and oxygen atoms in total. The maximum absolute atomic E-state index is 13.6. The van der Waals surface area contributed by atoms with Crippen molar-refractivity contribution >= 4 is 21.8 Å². The number of hydrogen-bond acceptors (Lipinski definition) is 10. The van der Waals surface area contributed by atoms with Gasteiger partial charge in [-0.25, -0.2) is 18.4 Å². The normalized spacial score (nSPS) is 15.5. The maximum atomic E-state index is 13.6. The summed E-state index contributed by atoms with van der Waals surface area (Å²) in [4.78, 5) is 8.57. The summed E-state index contributed by atoms with van der Waals surface area (Å²) in [6.07, 6.45) is 6.24. The monoisotopic (exact) mass is 491 g/mol. The molecule has 0 atom stereocenters. The van der Waals surface area contributed by atoms with Crippen LogP contribution >= 0.6 is 11.8 Å². The summed E-state index contributed by atoms with van der Waals surface area (Å²) in [7, 11) is -3.81. The van der Waals surface area contributed by atoms with Gasteiger partial charge in [-0.05, 0) is 43.2 Å². The van der Waals surface area contributed by atoms with Crippen LogP contribution in [0, 0.1) is 0 Å². The van der Waals surface area contributed by atoms with Gasteiger partial charge in [0, 0.05) is 42.9 Å². The summed E-state index contributed by atoms with van der Waals surface area (Å²) in [5, 5.41) is 12.2. The van der Waals surface area contributed by atoms with Gasteiger partial charge >= 0.3 is 0 Å². The number of ether oxygens (including phenoxy) is 2. The van der Waals surface area contributed by atoms with E-state index in [1.54, 1.807) is 43.2 Å². The predicted octanol–water partition coefficient (Wildman–Crippen LogP) is 2.20. The quantitative estimate of drug-likeness (QED) is 0.411. The van der Waals surface area contributed by atoms with Crippen molar-refractivity contribution in [2.75, 3.05) is 26.3 Å². The van der Waals surface area contributed by atoms with Gasteiger partial charge in [0.15, 0.2) is 5.16 Å². The van der Waals surface area contributed by atoms with Crippen molar-refractivity contribution in [3.05, 3.63) is 36.9 Å². The Kier molecular flexibility index (Phi) is 7.40. The molecule has 1 aromatic carbocycles. The Labute approximate surface area is 196 Å². The van der Waals surface area contributed by atoms with Gasteiger partial charge in [0.1, 0.15) is 28.4 Å². The first kappa shape index (κ1) is 23.4. The Balaban J connectivity index is 1.59. The molecule has 0 bridgehead atoms. The molecule has 1 aliphatic rings. The standard InChI is InChI=1S/C20H25N7O4S2/c1-3-30-17-13-19(18(31-4-2)12-16(17)27-14-23-24-25-27)33(28,29)26-10-6-15(7-11-26)32-20-21-8-5-9-22-20/h5,8-9,12-15H,3-4,6-7,10-11H2,1-2H3. The highest BCUT2D eigenvalue weighted by Crippen LogP contribution is 2.37. The third kappa shape index (κ3) is 5.25. The number of hydrogen-bond donors (Lipinski definition) is 0. The van der Waals surface area contributed by atoms with Crippen LogP contribution < -0.4 is 9.47 Å². The highest BCUT2D eigenvalue weighted by Gasteiger charge is 2.33. The molecule has 0 spiro atoms. The van der Waals surface area contributed by atoms with Crippen LogP contribution in [-0.4, -0.2) is 74.5 Å². The summed E-state index contributed by atoms with van der Waals surface area (Å²) < 4.78 is 41.6. The molecule has 1 saturated heterocycles. The number of tetrazole rings is 1. The Morgan fingerprint density at radius 3 is 2.39 bits per heavy atom. The first-order chi connectivity index (χ1) is 16.0. The maximum Gasteiger partial charge on any atom is 0.246 e. The summed E-state index contributed by atoms with van der Waals surface area (Å²) in [6, 6.07) is 4.88. The molecule has 3 heterocycles. The van der Waals surface area contributed by atoms with Crippen LogP contribution in [-0.2, 0) is 10.0 Å². The van der Waals surface area contributed by atoms with Crippen LogP contribution in [0.25, 0.3) is 5.69 Å². The van der Waals surface area contributed by atoms with E-state index < -0.39 is 10.0 Å². The van der Waals surface area contributed by atoms with Gasteiger partial charge in [-0.1, -0.05) is 11.8 Å². The van der Waals surface area contributed by atoms with Gasteiger partial charge in [-0.2, -0.15) is 8.99 Å². The van der Waals surface area contributed by atoms with Gasteiger partial charge < -0.3 is 9.47 Å². The molecule has 0 radical (unpaired) electrons. The second-order valence-electron chi connectivity index (χ2n) is 7.14. The zero-order valence-electron chi connectivity index (χ0n) is 18.4. The summed E-state index contributed by atoms with van der Waals surface area (Å²) in [5.74, 6) is 0.596. The van der Waals surface area contributed by atoms with Crippen molar-refractivity contribution < 1.29 is 17.9 Å². The van der Waals surface area contributed by atoms with Crippen LogP contribution in [0.15, 0.2) is 47.0 Å². The molecule has 0 saturated carbocycles. The lowest BCUT2D eigenvalue weighted by molar-refractivity contribution is 0.315. The second-order valence-corrected chi connectivity index (χ2v) is 10.3. The van der Waals surface area contributed by atoms with Gasteiger partial charge in [0.25, 0.3) is 0 Å². The lowest BCUT2D eigenvalue weighted by atomic mass is 10.2.